The molecular weight excluding hydrogens is 572 g/mol. The fourth-order valence-electron chi connectivity index (χ4n) is 5.17. The molecule has 1 aliphatic carbocycles. The molecule has 2 aliphatic rings. The Hall–Kier alpha value is -2.15. The van der Waals surface area contributed by atoms with E-state index >= 15 is 0 Å². The van der Waals surface area contributed by atoms with Gasteiger partial charge < -0.3 is 35.0 Å². The van der Waals surface area contributed by atoms with Crippen LogP contribution in [0.3, 0.4) is 0 Å². The number of allylic oxidation sites excluding steroid dienone is 3. The van der Waals surface area contributed by atoms with Crippen molar-refractivity contribution in [1.29, 1.82) is 0 Å². The van der Waals surface area contributed by atoms with Crippen LogP contribution in [0.4, 0.5) is 0 Å². The van der Waals surface area contributed by atoms with E-state index in [0.717, 1.165) is 20.0 Å². The maximum absolute atomic E-state index is 12.5. The van der Waals surface area contributed by atoms with Crippen LogP contribution in [0.25, 0.3) is 10.1 Å². The lowest BCUT2D eigenvalue weighted by Gasteiger charge is -2.34. The zero-order chi connectivity index (χ0) is 29.5. The molecule has 1 aromatic heterocycles. The molecule has 4 rings (SSSR count). The molecule has 11 heteroatoms. The average molecular weight is 609 g/mol. The minimum absolute atomic E-state index is 0.0621. The summed E-state index contributed by atoms with van der Waals surface area (Å²) in [6.07, 6.45) is 2.94. The van der Waals surface area contributed by atoms with E-state index in [-0.39, 0.29) is 24.7 Å². The van der Waals surface area contributed by atoms with Crippen molar-refractivity contribution in [1.82, 2.24) is 0 Å². The molecule has 2 aromatic rings. The number of carbonyl (C=O) groups is 2. The van der Waals surface area contributed by atoms with Gasteiger partial charge in [-0.05, 0) is 50.5 Å². The second-order valence-corrected chi connectivity index (χ2v) is 12.1. The molecule has 0 bridgehead atoms. The van der Waals surface area contributed by atoms with Crippen molar-refractivity contribution >= 4 is 44.8 Å². The van der Waals surface area contributed by atoms with Gasteiger partial charge in [0.2, 0.25) is 6.29 Å². The number of aryl methyl sites for hydroxylation is 1. The first-order valence-electron chi connectivity index (χ1n) is 13.9. The highest BCUT2D eigenvalue weighted by Crippen LogP contribution is 2.36. The largest absolute Gasteiger partial charge is 0.433 e. The number of Topliss-reactive ketones (excluding diaryl/α,β-unsaturated/α-hetero) is 1. The molecule has 2 fully saturated rings. The number of carbonyl (C=O) groups excluding carboxylic acids is 2. The number of fused-ring (bicyclic) bond motifs is 1. The zero-order valence-corrected chi connectivity index (χ0v) is 24.1. The topological polar surface area (TPSA) is 154 Å². The van der Waals surface area contributed by atoms with Crippen LogP contribution in [0.5, 0.6) is 0 Å². The van der Waals surface area contributed by atoms with Crippen LogP contribution < -0.4 is 0 Å². The van der Waals surface area contributed by atoms with Crippen molar-refractivity contribution in [3.05, 3.63) is 58.5 Å². The monoisotopic (exact) mass is 608 g/mol. The van der Waals surface area contributed by atoms with E-state index in [2.05, 4.69) is 0 Å². The number of thiophene rings is 1. The van der Waals surface area contributed by atoms with E-state index in [1.807, 2.05) is 42.5 Å². The van der Waals surface area contributed by atoms with Crippen molar-refractivity contribution in [3.63, 3.8) is 0 Å². The quantitative estimate of drug-likeness (QED) is 0.139. The first-order valence-corrected chi connectivity index (χ1v) is 15.1. The van der Waals surface area contributed by atoms with Crippen molar-refractivity contribution in [3.8, 4) is 0 Å². The molecule has 5 N–H and O–H groups in total. The molecule has 1 aliphatic heterocycles. The molecule has 0 amide bonds. The summed E-state index contributed by atoms with van der Waals surface area (Å²) in [6, 6.07) is 7.93. The molecule has 1 aromatic carbocycles. The Morgan fingerprint density at radius 3 is 2.73 bits per heavy atom. The van der Waals surface area contributed by atoms with E-state index in [1.54, 1.807) is 17.4 Å². The van der Waals surface area contributed by atoms with Crippen LogP contribution in [-0.2, 0) is 25.5 Å². The number of hydrogen-bond donors (Lipinski definition) is 5. The summed E-state index contributed by atoms with van der Waals surface area (Å²) in [6.45, 7) is -0.246. The Balaban J connectivity index is 1.19. The molecule has 1 saturated heterocycles. The number of unbranched alkanes of at least 4 members (excludes halogenated alkanes) is 1. The molecule has 41 heavy (non-hydrogen) atoms. The first-order chi connectivity index (χ1) is 19.7. The van der Waals surface area contributed by atoms with Gasteiger partial charge in [0.15, 0.2) is 5.78 Å². The van der Waals surface area contributed by atoms with E-state index < -0.39 is 48.7 Å². The highest BCUT2D eigenvalue weighted by Gasteiger charge is 2.40. The Bertz CT molecular complexity index is 1240. The molecule has 224 valence electrons. The molecule has 9 nitrogen and oxygen atoms in total. The number of hydrogen-bond acceptors (Lipinski definition) is 10. The van der Waals surface area contributed by atoms with Gasteiger partial charge in [-0.25, -0.2) is 0 Å². The van der Waals surface area contributed by atoms with Crippen molar-refractivity contribution in [2.75, 3.05) is 6.61 Å². The third-order valence-corrected chi connectivity index (χ3v) is 9.34. The summed E-state index contributed by atoms with van der Waals surface area (Å²) >= 11 is 8.13. The van der Waals surface area contributed by atoms with Crippen molar-refractivity contribution in [2.24, 2.45) is 11.8 Å². The zero-order valence-electron chi connectivity index (χ0n) is 22.5. The Labute approximate surface area is 247 Å². The summed E-state index contributed by atoms with van der Waals surface area (Å²) in [5.74, 6) is -1.38. The molecule has 0 radical (unpaired) electrons. The summed E-state index contributed by atoms with van der Waals surface area (Å²) < 4.78 is 11.2. The normalized spacial score (nSPS) is 29.6. The Morgan fingerprint density at radius 2 is 1.95 bits per heavy atom. The molecule has 1 saturated carbocycles. The standard InChI is InChI=1S/C30H37ClO9S/c31-26-20-8-5-6-9-23(20)41-24(26)14-13-18(32)12-11-17-15-21(33)27(36)19(17)7-3-1-2-4-10-25(35)40-30-29(38)28(37)22(34)16-39-30/h1,3,5-6,8-9,11-12,17-19,21-22,28-30,32-34,37-38H,2,4,7,10,13-16H2/b3-1-,12-11+/t17-,18?,19+,21?,22+,28-,29+,30?/m0/s1. The predicted octanol–water partition coefficient (Wildman–Crippen LogP) is 3.07. The van der Waals surface area contributed by atoms with Gasteiger partial charge in [0.05, 0.1) is 17.7 Å². The van der Waals surface area contributed by atoms with Gasteiger partial charge in [0.1, 0.15) is 24.4 Å². The predicted molar refractivity (Wildman–Crippen MR) is 154 cm³/mol. The van der Waals surface area contributed by atoms with Gasteiger partial charge in [0.25, 0.3) is 0 Å². The van der Waals surface area contributed by atoms with Crippen LogP contribution in [0.1, 0.15) is 43.4 Å². The Morgan fingerprint density at radius 1 is 1.17 bits per heavy atom. The minimum Gasteiger partial charge on any atom is -0.433 e. The third-order valence-electron chi connectivity index (χ3n) is 7.57. The average Bonchev–Trinajstić information content (AvgIpc) is 3.43. The van der Waals surface area contributed by atoms with E-state index in [4.69, 9.17) is 21.1 Å². The summed E-state index contributed by atoms with van der Waals surface area (Å²) in [5, 5.41) is 51.4. The Kier molecular flexibility index (Phi) is 11.5. The number of benzene rings is 1. The summed E-state index contributed by atoms with van der Waals surface area (Å²) in [5.41, 5.74) is 0. The number of ether oxygens (including phenoxy) is 2. The lowest BCUT2D eigenvalue weighted by Crippen LogP contribution is -2.54. The molecular formula is C30H37ClO9S. The number of aliphatic hydroxyl groups is 5. The number of halogens is 1. The van der Waals surface area contributed by atoms with Gasteiger partial charge in [0, 0.05) is 27.3 Å². The van der Waals surface area contributed by atoms with Gasteiger partial charge in [-0.2, -0.15) is 0 Å². The molecule has 3 unspecified atom stereocenters. The lowest BCUT2D eigenvalue weighted by atomic mass is 9.91. The molecule has 8 atom stereocenters. The van der Waals surface area contributed by atoms with Gasteiger partial charge in [-0.1, -0.05) is 54.1 Å². The van der Waals surface area contributed by atoms with Crippen LogP contribution in [0.2, 0.25) is 5.02 Å². The summed E-state index contributed by atoms with van der Waals surface area (Å²) in [4.78, 5) is 25.6. The highest BCUT2D eigenvalue weighted by molar-refractivity contribution is 7.19. The minimum atomic E-state index is -1.52. The van der Waals surface area contributed by atoms with Crippen LogP contribution >= 0.6 is 22.9 Å². The van der Waals surface area contributed by atoms with Gasteiger partial charge in [-0.3, -0.25) is 9.59 Å². The maximum atomic E-state index is 12.5. The van der Waals surface area contributed by atoms with E-state index in [9.17, 15) is 35.1 Å². The van der Waals surface area contributed by atoms with Crippen molar-refractivity contribution in [2.45, 2.75) is 81.8 Å². The number of esters is 1. The fraction of sp³-hybridized carbons (Fsp3) is 0.533. The van der Waals surface area contributed by atoms with Crippen LogP contribution in [0.15, 0.2) is 48.6 Å². The third kappa shape index (κ3) is 8.24. The molecule has 0 spiro atoms. The van der Waals surface area contributed by atoms with E-state index in [1.165, 1.54) is 0 Å². The van der Waals surface area contributed by atoms with Gasteiger partial charge >= 0.3 is 5.97 Å². The smallest absolute Gasteiger partial charge is 0.308 e. The van der Waals surface area contributed by atoms with Gasteiger partial charge in [-0.15, -0.1) is 11.3 Å². The second kappa shape index (κ2) is 14.8. The first kappa shape index (κ1) is 31.8. The van der Waals surface area contributed by atoms with Crippen LogP contribution in [-0.4, -0.2) is 80.7 Å². The second-order valence-electron chi connectivity index (χ2n) is 10.6. The SMILES string of the molecule is O=C(CCC/C=C\C[C@H]1C(=O)C(O)C[C@@H]1/C=C/C(O)CCc1sc2ccccc2c1Cl)OC1OC[C@@H](O)[C@H](O)[C@H]1O. The maximum Gasteiger partial charge on any atom is 0.308 e. The van der Waals surface area contributed by atoms with Crippen molar-refractivity contribution < 1.29 is 44.6 Å². The lowest BCUT2D eigenvalue weighted by molar-refractivity contribution is -0.262. The number of rotatable bonds is 12. The number of aliphatic hydroxyl groups excluding tert-OH is 5. The highest BCUT2D eigenvalue weighted by atomic mass is 35.5. The van der Waals surface area contributed by atoms with Crippen LogP contribution in [0, 0.1) is 11.8 Å². The number of ketones is 1. The van der Waals surface area contributed by atoms with E-state index in [0.29, 0.717) is 38.5 Å². The fourth-order valence-corrected chi connectivity index (χ4v) is 6.71. The molecule has 2 heterocycles. The summed E-state index contributed by atoms with van der Waals surface area (Å²) in [7, 11) is 0.